The average molecular weight is 643 g/mol. The molecule has 2 aliphatic heterocycles. The van der Waals surface area contributed by atoms with Gasteiger partial charge < -0.3 is 44.8 Å². The third-order valence-electron chi connectivity index (χ3n) is 9.36. The summed E-state index contributed by atoms with van der Waals surface area (Å²) >= 11 is 0. The molecule has 0 unspecified atom stereocenters. The van der Waals surface area contributed by atoms with Crippen LogP contribution in [0.15, 0.2) is 23.8 Å². The maximum absolute atomic E-state index is 13.9. The van der Waals surface area contributed by atoms with E-state index >= 15 is 0 Å². The summed E-state index contributed by atoms with van der Waals surface area (Å²) in [4.78, 5) is 53.2. The van der Waals surface area contributed by atoms with E-state index in [2.05, 4.69) is 0 Å². The molecule has 0 radical (unpaired) electrons. The van der Waals surface area contributed by atoms with Gasteiger partial charge in [0.1, 0.15) is 29.9 Å². The number of carbonyl (C=O) groups is 4. The van der Waals surface area contributed by atoms with Gasteiger partial charge in [-0.2, -0.15) is 0 Å². The highest BCUT2D eigenvalue weighted by Gasteiger charge is 2.63. The van der Waals surface area contributed by atoms with Crippen molar-refractivity contribution in [3.63, 3.8) is 0 Å². The van der Waals surface area contributed by atoms with Crippen molar-refractivity contribution < 1.29 is 64.0 Å². The second kappa shape index (κ2) is 15.5. The van der Waals surface area contributed by atoms with E-state index in [0.717, 1.165) is 7.11 Å². The van der Waals surface area contributed by atoms with Crippen LogP contribution < -0.4 is 0 Å². The molecule has 0 bridgehead atoms. The minimum atomic E-state index is -2.98. The number of ether oxygens (including phenoxy) is 3. The molecule has 13 heteroatoms. The molecule has 2 aliphatic rings. The molecule has 0 aromatic heterocycles. The van der Waals surface area contributed by atoms with Gasteiger partial charge in [-0.1, -0.05) is 45.9 Å². The number of hydrogen-bond donors (Lipinski definition) is 6. The molecule has 256 valence electrons. The third-order valence-corrected chi connectivity index (χ3v) is 9.36. The van der Waals surface area contributed by atoms with Crippen LogP contribution in [0.2, 0.25) is 0 Å². The first-order chi connectivity index (χ1) is 20.8. The number of Topliss-reactive ketones (excluding diaryl/α,β-unsaturated/α-hetero) is 3. The van der Waals surface area contributed by atoms with Crippen molar-refractivity contribution in [1.82, 2.24) is 0 Å². The van der Waals surface area contributed by atoms with Crippen LogP contribution >= 0.6 is 0 Å². The Labute approximate surface area is 263 Å². The summed E-state index contributed by atoms with van der Waals surface area (Å²) in [5.41, 5.74) is -4.11. The van der Waals surface area contributed by atoms with Gasteiger partial charge in [0.15, 0.2) is 17.5 Å². The molecule has 13 atom stereocenters. The fourth-order valence-corrected chi connectivity index (χ4v) is 6.15. The van der Waals surface area contributed by atoms with Crippen molar-refractivity contribution in [3.05, 3.63) is 23.8 Å². The molecule has 0 amide bonds. The Balaban J connectivity index is 2.61. The van der Waals surface area contributed by atoms with Crippen LogP contribution in [0.5, 0.6) is 0 Å². The second-order valence-corrected chi connectivity index (χ2v) is 12.7. The lowest BCUT2D eigenvalue weighted by Gasteiger charge is -2.36. The van der Waals surface area contributed by atoms with Crippen molar-refractivity contribution in [1.29, 1.82) is 0 Å². The number of cyclic esters (lactones) is 1. The van der Waals surface area contributed by atoms with Gasteiger partial charge in [-0.15, -0.1) is 0 Å². The topological polar surface area (TPSA) is 221 Å². The number of hydrogen-bond acceptors (Lipinski definition) is 13. The molecule has 0 aliphatic carbocycles. The molecule has 0 saturated carbocycles. The lowest BCUT2D eigenvalue weighted by molar-refractivity contribution is -0.177. The number of rotatable bonds is 6. The first kappa shape index (κ1) is 38.8. The minimum absolute atomic E-state index is 0.214. The van der Waals surface area contributed by atoms with Crippen LogP contribution in [0, 0.1) is 29.6 Å². The monoisotopic (exact) mass is 642 g/mol. The fourth-order valence-electron chi connectivity index (χ4n) is 6.15. The van der Waals surface area contributed by atoms with Crippen molar-refractivity contribution in [2.24, 2.45) is 29.6 Å². The Morgan fingerprint density at radius 2 is 1.69 bits per heavy atom. The maximum atomic E-state index is 13.9. The quantitative estimate of drug-likeness (QED) is 0.124. The van der Waals surface area contributed by atoms with Crippen LogP contribution in [-0.2, 0) is 33.4 Å². The number of aliphatic hydroxyl groups excluding tert-OH is 5. The first-order valence-corrected chi connectivity index (χ1v) is 15.2. The van der Waals surface area contributed by atoms with E-state index in [0.29, 0.717) is 0 Å². The molecule has 0 aromatic carbocycles. The molecular formula is C32H50O13. The standard InChI is InChI=1S/C32H50O13/c1-9-10-15(2)29-31(7,45-29)27(39)20-13-44-30(41)25(38)26(43-8)19(6)24(37)18(5)23(36)17(4)11-16(3)21(34)12-22(35)32(42,14-33)28(20)40/h9-11,15-16,18-20,22-23,25-27,29,33,35-36,38-39,42H,12-14H2,1-8H3/b10-9-,17-11-/t15-,16-,18+,19+,20+,22-,23-,25+,26-,27-,29+,31+,32-/m0/s1. The number of allylic oxidation sites excluding steroid dienone is 2. The molecule has 13 nitrogen and oxygen atoms in total. The first-order valence-electron chi connectivity index (χ1n) is 15.2. The Bertz CT molecular complexity index is 1150. The predicted molar refractivity (Wildman–Crippen MR) is 159 cm³/mol. The van der Waals surface area contributed by atoms with Crippen molar-refractivity contribution in [3.8, 4) is 0 Å². The molecule has 1 saturated heterocycles. The zero-order valence-electron chi connectivity index (χ0n) is 27.2. The van der Waals surface area contributed by atoms with E-state index in [9.17, 15) is 49.8 Å². The van der Waals surface area contributed by atoms with Gasteiger partial charge in [0.05, 0.1) is 36.9 Å². The van der Waals surface area contributed by atoms with E-state index in [-0.39, 0.29) is 11.5 Å². The number of methoxy groups -OCH3 is 1. The van der Waals surface area contributed by atoms with Gasteiger partial charge in [0.2, 0.25) is 0 Å². The number of ketones is 3. The van der Waals surface area contributed by atoms with Crippen molar-refractivity contribution >= 4 is 23.3 Å². The van der Waals surface area contributed by atoms with Gasteiger partial charge in [0.25, 0.3) is 0 Å². The lowest BCUT2D eigenvalue weighted by atomic mass is 9.76. The largest absolute Gasteiger partial charge is 0.463 e. The summed E-state index contributed by atoms with van der Waals surface area (Å²) in [6, 6.07) is 0. The Morgan fingerprint density at radius 3 is 2.22 bits per heavy atom. The molecule has 45 heavy (non-hydrogen) atoms. The van der Waals surface area contributed by atoms with Crippen LogP contribution in [-0.4, -0.2) is 122 Å². The van der Waals surface area contributed by atoms with Crippen molar-refractivity contribution in [2.45, 2.75) is 103 Å². The molecule has 1 fully saturated rings. The summed E-state index contributed by atoms with van der Waals surface area (Å²) in [5, 5.41) is 65.5. The molecular weight excluding hydrogens is 592 g/mol. The smallest absolute Gasteiger partial charge is 0.337 e. The third kappa shape index (κ3) is 8.14. The van der Waals surface area contributed by atoms with Crippen LogP contribution in [0.25, 0.3) is 0 Å². The number of epoxide rings is 1. The normalized spacial score (nSPS) is 42.4. The summed E-state index contributed by atoms with van der Waals surface area (Å²) in [6.45, 7) is 8.62. The van der Waals surface area contributed by atoms with Gasteiger partial charge in [0, 0.05) is 37.2 Å². The van der Waals surface area contributed by atoms with E-state index in [1.165, 1.54) is 40.7 Å². The SMILES string of the molecule is C/C=C\[C@H](C)[C@H]1O[C@]1(C)[C@@H](O)[C@H]1COC(=O)[C@H](O)[C@@H](OC)[C@H](C)C(=O)[C@H](C)[C@@H](O)/C(C)=C\[C@H](C)C(=O)C[C@H](O)[C@@](O)(CO)C1=O. The highest BCUT2D eigenvalue weighted by atomic mass is 16.6. The predicted octanol–water partition coefficient (Wildman–Crippen LogP) is -0.337. The zero-order chi connectivity index (χ0) is 34.6. The Morgan fingerprint density at radius 1 is 1.09 bits per heavy atom. The highest BCUT2D eigenvalue weighted by Crippen LogP contribution is 2.47. The van der Waals surface area contributed by atoms with E-state index in [1.54, 1.807) is 13.0 Å². The fraction of sp³-hybridized carbons (Fsp3) is 0.750. The molecule has 6 N–H and O–H groups in total. The van der Waals surface area contributed by atoms with Crippen molar-refractivity contribution in [2.75, 3.05) is 20.3 Å². The summed E-state index contributed by atoms with van der Waals surface area (Å²) in [6.07, 6.45) is -5.16. The summed E-state index contributed by atoms with van der Waals surface area (Å²) in [5.74, 6) is -9.00. The zero-order valence-corrected chi connectivity index (χ0v) is 27.2. The molecule has 0 aromatic rings. The van der Waals surface area contributed by atoms with Gasteiger partial charge in [-0.05, 0) is 26.3 Å². The molecule has 2 rings (SSSR count). The Kier molecular flexibility index (Phi) is 13.4. The average Bonchev–Trinajstić information content (AvgIpc) is 3.71. The molecule has 0 spiro atoms. The van der Waals surface area contributed by atoms with Crippen LogP contribution in [0.4, 0.5) is 0 Å². The van der Waals surface area contributed by atoms with E-state index in [4.69, 9.17) is 14.2 Å². The summed E-state index contributed by atoms with van der Waals surface area (Å²) in [7, 11) is 1.16. The van der Waals surface area contributed by atoms with Gasteiger partial charge in [-0.25, -0.2) is 4.79 Å². The minimum Gasteiger partial charge on any atom is -0.463 e. The van der Waals surface area contributed by atoms with Gasteiger partial charge in [-0.3, -0.25) is 14.4 Å². The highest BCUT2D eigenvalue weighted by molar-refractivity contribution is 5.93. The Hall–Kier alpha value is -2.36. The number of carbonyl (C=O) groups excluding carboxylic acids is 4. The number of aliphatic hydroxyl groups is 6. The van der Waals surface area contributed by atoms with Gasteiger partial charge >= 0.3 is 5.97 Å². The van der Waals surface area contributed by atoms with E-state index < -0.39 is 114 Å². The second-order valence-electron chi connectivity index (χ2n) is 12.7. The van der Waals surface area contributed by atoms with E-state index in [1.807, 2.05) is 13.0 Å². The van der Waals surface area contributed by atoms with Crippen LogP contribution in [0.3, 0.4) is 0 Å². The van der Waals surface area contributed by atoms with Crippen LogP contribution in [0.1, 0.15) is 54.9 Å². The number of esters is 1. The molecule has 2 heterocycles. The summed E-state index contributed by atoms with van der Waals surface area (Å²) < 4.78 is 16.3. The lowest BCUT2D eigenvalue weighted by Crippen LogP contribution is -2.59. The maximum Gasteiger partial charge on any atom is 0.337 e.